The molecule has 2 aromatic carbocycles. The van der Waals surface area contributed by atoms with Crippen LogP contribution in [0.1, 0.15) is 24.2 Å². The molecule has 0 radical (unpaired) electrons. The van der Waals surface area contributed by atoms with Crippen LogP contribution >= 0.6 is 11.6 Å². The third kappa shape index (κ3) is 6.41. The number of rotatable bonds is 7. The predicted molar refractivity (Wildman–Crippen MR) is 123 cm³/mol. The highest BCUT2D eigenvalue weighted by atomic mass is 35.5. The van der Waals surface area contributed by atoms with Crippen LogP contribution in [-0.4, -0.2) is 33.8 Å². The SMILES string of the molecule is Cc1ccc(Nc2nc(N)nc(COc3cc(OC(F)(F)F)cc(N4CCCC4=O)c3)n2)cc1Cl. The number of nitrogens with two attached hydrogens (primary N) is 1. The maximum absolute atomic E-state index is 12.8. The summed E-state index contributed by atoms with van der Waals surface area (Å²) in [6, 6.07) is 8.95. The molecular weight excluding hydrogens is 489 g/mol. The summed E-state index contributed by atoms with van der Waals surface area (Å²) in [7, 11) is 0. The van der Waals surface area contributed by atoms with Crippen LogP contribution < -0.4 is 25.4 Å². The van der Waals surface area contributed by atoms with Crippen molar-refractivity contribution in [3.63, 3.8) is 0 Å². The molecule has 3 N–H and O–H groups in total. The van der Waals surface area contributed by atoms with Crippen molar-refractivity contribution in [3.05, 3.63) is 52.8 Å². The van der Waals surface area contributed by atoms with Gasteiger partial charge in [-0.2, -0.15) is 15.0 Å². The van der Waals surface area contributed by atoms with Crippen molar-refractivity contribution >= 4 is 40.8 Å². The van der Waals surface area contributed by atoms with Gasteiger partial charge >= 0.3 is 6.36 Å². The predicted octanol–water partition coefficient (Wildman–Crippen LogP) is 4.76. The molecule has 9 nitrogen and oxygen atoms in total. The highest BCUT2D eigenvalue weighted by Gasteiger charge is 2.32. The molecule has 1 aliphatic heterocycles. The minimum atomic E-state index is -4.91. The van der Waals surface area contributed by atoms with Gasteiger partial charge in [-0.1, -0.05) is 17.7 Å². The van der Waals surface area contributed by atoms with Crippen LogP contribution in [0.25, 0.3) is 0 Å². The smallest absolute Gasteiger partial charge is 0.485 e. The number of nitrogens with one attached hydrogen (secondary N) is 1. The summed E-state index contributed by atoms with van der Waals surface area (Å²) in [6.45, 7) is 2.01. The summed E-state index contributed by atoms with van der Waals surface area (Å²) in [6.07, 6.45) is -3.99. The third-order valence-electron chi connectivity index (χ3n) is 4.98. The third-order valence-corrected chi connectivity index (χ3v) is 5.39. The molecule has 3 aromatic rings. The van der Waals surface area contributed by atoms with Gasteiger partial charge in [0.2, 0.25) is 17.8 Å². The van der Waals surface area contributed by atoms with Crippen LogP contribution in [0.2, 0.25) is 5.02 Å². The Morgan fingerprint density at radius 1 is 1.14 bits per heavy atom. The molecule has 0 unspecified atom stereocenters. The van der Waals surface area contributed by atoms with Crippen LogP contribution in [0.4, 0.5) is 36.4 Å². The summed E-state index contributed by atoms with van der Waals surface area (Å²) < 4.78 is 48.2. The molecule has 13 heteroatoms. The Morgan fingerprint density at radius 2 is 1.91 bits per heavy atom. The second-order valence-corrected chi connectivity index (χ2v) is 8.08. The average molecular weight is 509 g/mol. The standard InChI is InChI=1S/C22H20ClF3N6O3/c1-12-4-5-13(7-17(12)23)28-21-30-18(29-20(27)31-21)11-34-15-8-14(32-6-2-3-19(32)33)9-16(10-15)35-22(24,25)26/h4-5,7-10H,2-3,6,11H2,1H3,(H3,27,28,29,30,31). The average Bonchev–Trinajstić information content (AvgIpc) is 3.19. The van der Waals surface area contributed by atoms with E-state index in [1.165, 1.54) is 11.0 Å². The van der Waals surface area contributed by atoms with Crippen LogP contribution in [-0.2, 0) is 11.4 Å². The van der Waals surface area contributed by atoms with Gasteiger partial charge in [-0.3, -0.25) is 4.79 Å². The van der Waals surface area contributed by atoms with Crippen molar-refractivity contribution in [3.8, 4) is 11.5 Å². The van der Waals surface area contributed by atoms with E-state index >= 15 is 0 Å². The second kappa shape index (κ2) is 9.82. The van der Waals surface area contributed by atoms with Crippen LogP contribution in [0.15, 0.2) is 36.4 Å². The maximum Gasteiger partial charge on any atom is 0.573 e. The number of ether oxygens (including phenoxy) is 2. The number of hydrogen-bond donors (Lipinski definition) is 2. The number of hydrogen-bond acceptors (Lipinski definition) is 8. The van der Waals surface area contributed by atoms with Gasteiger partial charge in [-0.25, -0.2) is 0 Å². The first-order valence-corrected chi connectivity index (χ1v) is 10.8. The van der Waals surface area contributed by atoms with Gasteiger partial charge in [0.05, 0.1) is 5.69 Å². The van der Waals surface area contributed by atoms with Crippen LogP contribution in [0.5, 0.6) is 11.5 Å². The molecule has 1 fully saturated rings. The van der Waals surface area contributed by atoms with E-state index in [0.29, 0.717) is 30.1 Å². The molecule has 0 spiro atoms. The number of halogens is 4. The first-order valence-electron chi connectivity index (χ1n) is 10.4. The van der Waals surface area contributed by atoms with Gasteiger partial charge in [0.1, 0.15) is 18.1 Å². The lowest BCUT2D eigenvalue weighted by atomic mass is 10.2. The summed E-state index contributed by atoms with van der Waals surface area (Å²) in [5.41, 5.74) is 7.53. The van der Waals surface area contributed by atoms with Crippen molar-refractivity contribution < 1.29 is 27.4 Å². The van der Waals surface area contributed by atoms with Gasteiger partial charge in [0, 0.05) is 41.9 Å². The Bertz CT molecular complexity index is 1260. The molecule has 1 saturated heterocycles. The van der Waals surface area contributed by atoms with E-state index in [9.17, 15) is 18.0 Å². The van der Waals surface area contributed by atoms with Crippen molar-refractivity contribution in [1.82, 2.24) is 15.0 Å². The second-order valence-electron chi connectivity index (χ2n) is 7.67. The molecule has 4 rings (SSSR count). The number of aryl methyl sites for hydroxylation is 1. The van der Waals surface area contributed by atoms with Crippen molar-refractivity contribution in [1.29, 1.82) is 0 Å². The lowest BCUT2D eigenvalue weighted by molar-refractivity contribution is -0.274. The molecule has 1 aromatic heterocycles. The number of nitrogen functional groups attached to an aromatic ring is 1. The minimum absolute atomic E-state index is 0.0280. The van der Waals surface area contributed by atoms with Gasteiger partial charge in [-0.15, -0.1) is 13.2 Å². The van der Waals surface area contributed by atoms with E-state index in [1.54, 1.807) is 12.1 Å². The zero-order valence-corrected chi connectivity index (χ0v) is 19.2. The lowest BCUT2D eigenvalue weighted by Gasteiger charge is -2.19. The van der Waals surface area contributed by atoms with Crippen molar-refractivity contribution in [2.45, 2.75) is 32.7 Å². The number of anilines is 4. The van der Waals surface area contributed by atoms with E-state index in [2.05, 4.69) is 25.0 Å². The topological polar surface area (TPSA) is 115 Å². The van der Waals surface area contributed by atoms with Crippen LogP contribution in [0.3, 0.4) is 0 Å². The van der Waals surface area contributed by atoms with Gasteiger partial charge in [-0.05, 0) is 31.0 Å². The number of carbonyl (C=O) groups excluding carboxylic acids is 1. The lowest BCUT2D eigenvalue weighted by Crippen LogP contribution is -2.24. The zero-order valence-electron chi connectivity index (χ0n) is 18.4. The normalized spacial score (nSPS) is 13.7. The van der Waals surface area contributed by atoms with Crippen molar-refractivity contribution in [2.75, 3.05) is 22.5 Å². The molecule has 184 valence electrons. The summed E-state index contributed by atoms with van der Waals surface area (Å²) >= 11 is 6.14. The molecule has 1 aliphatic rings. The van der Waals surface area contributed by atoms with Gasteiger partial charge in [0.25, 0.3) is 0 Å². The van der Waals surface area contributed by atoms with Gasteiger partial charge in [0.15, 0.2) is 5.82 Å². The van der Waals surface area contributed by atoms with E-state index in [4.69, 9.17) is 22.1 Å². The van der Waals surface area contributed by atoms with E-state index < -0.39 is 12.1 Å². The van der Waals surface area contributed by atoms with E-state index in [1.807, 2.05) is 13.0 Å². The highest BCUT2D eigenvalue weighted by molar-refractivity contribution is 6.31. The monoisotopic (exact) mass is 508 g/mol. The summed E-state index contributed by atoms with van der Waals surface area (Å²) in [5.74, 6) is -0.513. The Labute approximate surface area is 203 Å². The Balaban J connectivity index is 1.54. The molecule has 1 amide bonds. The largest absolute Gasteiger partial charge is 0.573 e. The first kappa shape index (κ1) is 24.3. The number of amides is 1. The molecule has 0 saturated carbocycles. The molecule has 0 bridgehead atoms. The summed E-state index contributed by atoms with van der Waals surface area (Å²) in [4.78, 5) is 25.7. The maximum atomic E-state index is 12.8. The van der Waals surface area contributed by atoms with Crippen molar-refractivity contribution in [2.24, 2.45) is 0 Å². The first-order chi connectivity index (χ1) is 16.6. The zero-order chi connectivity index (χ0) is 25.2. The van der Waals surface area contributed by atoms with E-state index in [0.717, 1.165) is 17.7 Å². The van der Waals surface area contributed by atoms with Crippen LogP contribution in [0, 0.1) is 6.92 Å². The number of aromatic nitrogens is 3. The fraction of sp³-hybridized carbons (Fsp3) is 0.273. The number of benzene rings is 2. The van der Waals surface area contributed by atoms with E-state index in [-0.39, 0.29) is 41.7 Å². The quantitative estimate of drug-likeness (QED) is 0.469. The summed E-state index contributed by atoms with van der Waals surface area (Å²) in [5, 5.41) is 3.52. The fourth-order valence-electron chi connectivity index (χ4n) is 3.42. The van der Waals surface area contributed by atoms with Gasteiger partial charge < -0.3 is 25.4 Å². The fourth-order valence-corrected chi connectivity index (χ4v) is 3.60. The molecule has 0 atom stereocenters. The molecular formula is C22H20ClF3N6O3. The molecule has 2 heterocycles. The molecule has 35 heavy (non-hydrogen) atoms. The number of nitrogens with zero attached hydrogens (tertiary/aromatic N) is 4. The highest BCUT2D eigenvalue weighted by Crippen LogP contribution is 2.34. The minimum Gasteiger partial charge on any atom is -0.485 e. The number of alkyl halides is 3. The Kier molecular flexibility index (Phi) is 6.83. The molecule has 0 aliphatic carbocycles. The Hall–Kier alpha value is -3.80. The number of carbonyl (C=O) groups is 1. The Morgan fingerprint density at radius 3 is 2.60 bits per heavy atom.